The van der Waals surface area contributed by atoms with Gasteiger partial charge in [-0.3, -0.25) is 0 Å². The predicted molar refractivity (Wildman–Crippen MR) is 234 cm³/mol. The highest BCUT2D eigenvalue weighted by Gasteiger charge is 2.51. The van der Waals surface area contributed by atoms with E-state index < -0.39 is 5.41 Å². The maximum atomic E-state index is 7.17. The molecule has 8 aromatic carbocycles. The van der Waals surface area contributed by atoms with Gasteiger partial charge in [0.1, 0.15) is 0 Å². The largest absolute Gasteiger partial charge is 0.398 e. The third-order valence-electron chi connectivity index (χ3n) is 11.5. The first-order valence-corrected chi connectivity index (χ1v) is 19.4. The molecule has 0 unspecified atom stereocenters. The predicted octanol–water partition coefficient (Wildman–Crippen LogP) is 13.1. The summed E-state index contributed by atoms with van der Waals surface area (Å²) in [6.07, 6.45) is 5.25. The number of rotatable bonds is 7. The molecule has 2 heteroatoms. The number of nitrogens with zero attached hydrogens (tertiary/aromatic N) is 1. The fourth-order valence-electron chi connectivity index (χ4n) is 9.09. The maximum absolute atomic E-state index is 7.17. The van der Waals surface area contributed by atoms with Gasteiger partial charge in [0.15, 0.2) is 0 Å². The van der Waals surface area contributed by atoms with Crippen molar-refractivity contribution in [3.05, 3.63) is 257 Å². The summed E-state index contributed by atoms with van der Waals surface area (Å²) in [5.41, 5.74) is 25.3. The molecule has 1 aliphatic carbocycles. The Hall–Kier alpha value is -7.16. The molecule has 2 nitrogen and oxygen atoms in total. The number of benzene rings is 8. The summed E-state index contributed by atoms with van der Waals surface area (Å²) in [5.74, 6) is 0. The second-order valence-electron chi connectivity index (χ2n) is 14.6. The summed E-state index contributed by atoms with van der Waals surface area (Å²) in [4.78, 5) is 2.43. The van der Waals surface area contributed by atoms with Crippen LogP contribution < -0.4 is 10.6 Å². The molecule has 0 atom stereocenters. The third-order valence-corrected chi connectivity index (χ3v) is 11.5. The quantitative estimate of drug-likeness (QED) is 0.166. The van der Waals surface area contributed by atoms with Crippen molar-refractivity contribution in [2.75, 3.05) is 4.90 Å². The molecule has 56 heavy (non-hydrogen) atoms. The van der Waals surface area contributed by atoms with Gasteiger partial charge in [0.2, 0.25) is 0 Å². The van der Waals surface area contributed by atoms with Gasteiger partial charge in [-0.1, -0.05) is 182 Å². The highest BCUT2D eigenvalue weighted by Crippen LogP contribution is 2.63. The molecule has 8 aromatic rings. The van der Waals surface area contributed by atoms with Crippen LogP contribution in [0.15, 0.2) is 218 Å². The fourth-order valence-corrected chi connectivity index (χ4v) is 9.09. The Balaban J connectivity index is 1.16. The van der Waals surface area contributed by atoms with Crippen molar-refractivity contribution in [1.82, 2.24) is 0 Å². The average molecular weight is 717 g/mol. The van der Waals surface area contributed by atoms with Crippen molar-refractivity contribution < 1.29 is 0 Å². The lowest BCUT2D eigenvalue weighted by Crippen LogP contribution is -2.36. The summed E-state index contributed by atoms with van der Waals surface area (Å²) in [6, 6.07) is 74.4. The molecule has 0 fully saturated rings. The molecule has 1 aliphatic heterocycles. The van der Waals surface area contributed by atoms with Crippen LogP contribution in [-0.4, -0.2) is 0 Å². The Morgan fingerprint density at radius 2 is 1.02 bits per heavy atom. The summed E-state index contributed by atoms with van der Waals surface area (Å²) >= 11 is 0. The minimum Gasteiger partial charge on any atom is -0.398 e. The molecule has 1 heterocycles. The Labute approximate surface area is 329 Å². The summed E-state index contributed by atoms with van der Waals surface area (Å²) in [5, 5.41) is 0. The van der Waals surface area contributed by atoms with Gasteiger partial charge in [-0.15, -0.1) is 0 Å². The van der Waals surface area contributed by atoms with Gasteiger partial charge >= 0.3 is 0 Å². The van der Waals surface area contributed by atoms with Gasteiger partial charge in [-0.2, -0.15) is 0 Å². The van der Waals surface area contributed by atoms with Gasteiger partial charge in [-0.25, -0.2) is 0 Å². The third kappa shape index (κ3) is 5.41. The van der Waals surface area contributed by atoms with Crippen molar-refractivity contribution >= 4 is 28.3 Å². The van der Waals surface area contributed by atoms with Gasteiger partial charge in [-0.05, 0) is 104 Å². The lowest BCUT2D eigenvalue weighted by atomic mass is 9.64. The number of nitrogens with two attached hydrogens (primary N) is 1. The molecule has 1 spiro atoms. The standard InChI is InChI=1S/C54H40N2/c55-51(37-40(39-20-6-2-7-21-39)33-32-38-18-4-1-5-19-38)46-26-11-10-24-43(46)41-34-35-45-44-25-12-13-27-47(44)54(50(45)36-41)48-28-14-16-30-52(48)56(42-22-8-3-9-23-42)53-31-17-15-29-49(53)54/h1-31,33-37H,32,55H2/b40-33+,51-37-. The fraction of sp³-hybridized carbons (Fsp3) is 0.0370. The van der Waals surface area contributed by atoms with E-state index in [9.17, 15) is 0 Å². The van der Waals surface area contributed by atoms with Gasteiger partial charge < -0.3 is 10.6 Å². The summed E-state index contributed by atoms with van der Waals surface area (Å²) in [7, 11) is 0. The molecule has 0 aromatic heterocycles. The van der Waals surface area contributed by atoms with E-state index in [-0.39, 0.29) is 0 Å². The van der Waals surface area contributed by atoms with E-state index in [0.29, 0.717) is 0 Å². The summed E-state index contributed by atoms with van der Waals surface area (Å²) < 4.78 is 0. The highest BCUT2D eigenvalue weighted by atomic mass is 15.2. The molecule has 266 valence electrons. The lowest BCUT2D eigenvalue weighted by molar-refractivity contribution is 0.753. The van der Waals surface area contributed by atoms with Gasteiger partial charge in [0.05, 0.1) is 16.8 Å². The van der Waals surface area contributed by atoms with Gasteiger partial charge in [0, 0.05) is 16.9 Å². The van der Waals surface area contributed by atoms with Crippen LogP contribution in [-0.2, 0) is 11.8 Å². The van der Waals surface area contributed by atoms with Gasteiger partial charge in [0.25, 0.3) is 0 Å². The zero-order valence-electron chi connectivity index (χ0n) is 31.0. The number of anilines is 3. The lowest BCUT2D eigenvalue weighted by Gasteiger charge is -2.45. The molecule has 0 amide bonds. The summed E-state index contributed by atoms with van der Waals surface area (Å²) in [6.45, 7) is 0. The van der Waals surface area contributed by atoms with Crippen LogP contribution in [0.5, 0.6) is 0 Å². The molecular formula is C54H40N2. The van der Waals surface area contributed by atoms with Crippen LogP contribution in [0.25, 0.3) is 33.5 Å². The number of hydrogen-bond acceptors (Lipinski definition) is 2. The Morgan fingerprint density at radius 3 is 1.71 bits per heavy atom. The Morgan fingerprint density at radius 1 is 0.482 bits per heavy atom. The molecule has 2 aliphatic rings. The van der Waals surface area contributed by atoms with Crippen LogP contribution in [0.4, 0.5) is 17.1 Å². The maximum Gasteiger partial charge on any atom is 0.0754 e. The van der Waals surface area contributed by atoms with E-state index >= 15 is 0 Å². The van der Waals surface area contributed by atoms with E-state index in [4.69, 9.17) is 5.73 Å². The highest BCUT2D eigenvalue weighted by molar-refractivity contribution is 5.97. The molecule has 0 bridgehead atoms. The minimum atomic E-state index is -0.530. The average Bonchev–Trinajstić information content (AvgIpc) is 3.56. The van der Waals surface area contributed by atoms with Crippen molar-refractivity contribution in [1.29, 1.82) is 0 Å². The van der Waals surface area contributed by atoms with Crippen LogP contribution in [0.3, 0.4) is 0 Å². The second-order valence-corrected chi connectivity index (χ2v) is 14.6. The monoisotopic (exact) mass is 716 g/mol. The molecule has 0 saturated carbocycles. The number of allylic oxidation sites excluding steroid dienone is 3. The number of fused-ring (bicyclic) bond motifs is 9. The first kappa shape index (κ1) is 33.4. The van der Waals surface area contributed by atoms with E-state index in [0.717, 1.165) is 45.6 Å². The van der Waals surface area contributed by atoms with Crippen LogP contribution in [0, 0.1) is 0 Å². The van der Waals surface area contributed by atoms with E-state index in [1.54, 1.807) is 0 Å². The van der Waals surface area contributed by atoms with Crippen LogP contribution >= 0.6 is 0 Å². The second kappa shape index (κ2) is 13.9. The van der Waals surface area contributed by atoms with Crippen molar-refractivity contribution in [2.45, 2.75) is 11.8 Å². The van der Waals surface area contributed by atoms with Crippen LogP contribution in [0.1, 0.15) is 38.9 Å². The van der Waals surface area contributed by atoms with Crippen LogP contribution in [0.2, 0.25) is 0 Å². The molecule has 0 radical (unpaired) electrons. The number of para-hydroxylation sites is 3. The first-order valence-electron chi connectivity index (χ1n) is 19.4. The zero-order chi connectivity index (χ0) is 37.5. The Kier molecular flexibility index (Phi) is 8.30. The van der Waals surface area contributed by atoms with Crippen molar-refractivity contribution in [2.24, 2.45) is 5.73 Å². The minimum absolute atomic E-state index is 0.530. The van der Waals surface area contributed by atoms with E-state index in [2.05, 4.69) is 223 Å². The van der Waals surface area contributed by atoms with Crippen molar-refractivity contribution in [3.63, 3.8) is 0 Å². The molecular weight excluding hydrogens is 677 g/mol. The normalized spacial score (nSPS) is 13.8. The SMILES string of the molecule is N/C(=C\C(=C/Cc1ccccc1)c1ccccc1)c1ccccc1-c1ccc2c(c1)C1(c3ccccc3-2)c2ccccc2N(c2ccccc2)c2ccccc21. The van der Waals surface area contributed by atoms with E-state index in [1.165, 1.54) is 50.3 Å². The smallest absolute Gasteiger partial charge is 0.0754 e. The first-order chi connectivity index (χ1) is 27.7. The molecule has 2 N–H and O–H groups in total. The van der Waals surface area contributed by atoms with Crippen molar-refractivity contribution in [3.8, 4) is 22.3 Å². The van der Waals surface area contributed by atoms with E-state index in [1.807, 2.05) is 0 Å². The zero-order valence-corrected chi connectivity index (χ0v) is 31.0. The molecule has 0 saturated heterocycles. The number of hydrogen-bond donors (Lipinski definition) is 1. The molecule has 10 rings (SSSR count). The topological polar surface area (TPSA) is 29.3 Å². The Bertz CT molecular complexity index is 2730.